The predicted octanol–water partition coefficient (Wildman–Crippen LogP) is 1.75. The van der Waals surface area contributed by atoms with E-state index in [1.54, 1.807) is 24.3 Å². The number of nitrogens with one attached hydrogen (secondary N) is 2. The number of rotatable bonds is 10. The van der Waals surface area contributed by atoms with Gasteiger partial charge in [-0.2, -0.15) is 0 Å². The van der Waals surface area contributed by atoms with Crippen LogP contribution in [0.3, 0.4) is 0 Å². The number of ether oxygens (including phenoxy) is 1. The van der Waals surface area contributed by atoms with Crippen molar-refractivity contribution in [3.05, 3.63) is 24.3 Å². The van der Waals surface area contributed by atoms with E-state index < -0.39 is 10.0 Å². The summed E-state index contributed by atoms with van der Waals surface area (Å²) in [6, 6.07) is 6.49. The molecule has 1 rings (SSSR count). The Morgan fingerprint density at radius 1 is 1.10 bits per heavy atom. The van der Waals surface area contributed by atoms with Gasteiger partial charge in [0.05, 0.1) is 4.90 Å². The Balaban J connectivity index is 2.53. The summed E-state index contributed by atoms with van der Waals surface area (Å²) in [5.41, 5.74) is 0. The van der Waals surface area contributed by atoms with Gasteiger partial charge < -0.3 is 10.1 Å². The minimum atomic E-state index is -3.40. The molecule has 0 saturated heterocycles. The molecule has 114 valence electrons. The highest BCUT2D eigenvalue weighted by atomic mass is 32.2. The highest BCUT2D eigenvalue weighted by molar-refractivity contribution is 7.89. The van der Waals surface area contributed by atoms with Gasteiger partial charge in [-0.05, 0) is 37.7 Å². The second-order valence-corrected chi connectivity index (χ2v) is 6.30. The molecule has 0 amide bonds. The fourth-order valence-electron chi connectivity index (χ4n) is 1.65. The van der Waals surface area contributed by atoms with E-state index in [2.05, 4.69) is 17.0 Å². The first-order chi connectivity index (χ1) is 9.60. The highest BCUT2D eigenvalue weighted by Crippen LogP contribution is 2.15. The lowest BCUT2D eigenvalue weighted by Crippen LogP contribution is -2.24. The summed E-state index contributed by atoms with van der Waals surface area (Å²) >= 11 is 0. The average Bonchev–Trinajstić information content (AvgIpc) is 2.45. The maximum absolute atomic E-state index is 12.0. The topological polar surface area (TPSA) is 67.4 Å². The molecule has 1 aromatic carbocycles. The van der Waals surface area contributed by atoms with Gasteiger partial charge in [-0.15, -0.1) is 0 Å². The molecule has 0 spiro atoms. The molecule has 0 bridgehead atoms. The third kappa shape index (κ3) is 5.90. The number of hydrogen-bond donors (Lipinski definition) is 2. The second-order valence-electron chi connectivity index (χ2n) is 4.53. The van der Waals surface area contributed by atoms with Crippen LogP contribution in [0.5, 0.6) is 5.75 Å². The largest absolute Gasteiger partial charge is 0.492 e. The molecule has 2 N–H and O–H groups in total. The van der Waals surface area contributed by atoms with E-state index >= 15 is 0 Å². The van der Waals surface area contributed by atoms with Crippen LogP contribution in [-0.4, -0.2) is 35.2 Å². The summed E-state index contributed by atoms with van der Waals surface area (Å²) in [4.78, 5) is 0.273. The zero-order valence-corrected chi connectivity index (χ0v) is 13.0. The van der Waals surface area contributed by atoms with Crippen molar-refractivity contribution < 1.29 is 13.2 Å². The molecule has 20 heavy (non-hydrogen) atoms. The van der Waals surface area contributed by atoms with Gasteiger partial charge in [-0.1, -0.05) is 19.8 Å². The van der Waals surface area contributed by atoms with Gasteiger partial charge in [0.1, 0.15) is 12.4 Å². The molecule has 0 aliphatic carbocycles. The molecule has 0 fully saturated rings. The fraction of sp³-hybridized carbons (Fsp3) is 0.571. The normalized spacial score (nSPS) is 11.5. The molecule has 0 aromatic heterocycles. The Morgan fingerprint density at radius 2 is 1.80 bits per heavy atom. The van der Waals surface area contributed by atoms with Crippen molar-refractivity contribution in [2.24, 2.45) is 0 Å². The van der Waals surface area contributed by atoms with Crippen molar-refractivity contribution in [1.82, 2.24) is 10.0 Å². The van der Waals surface area contributed by atoms with E-state index in [0.29, 0.717) is 18.9 Å². The molecule has 0 unspecified atom stereocenters. The van der Waals surface area contributed by atoms with Crippen LogP contribution in [0.25, 0.3) is 0 Å². The van der Waals surface area contributed by atoms with Gasteiger partial charge in [-0.25, -0.2) is 13.1 Å². The van der Waals surface area contributed by atoms with E-state index in [1.165, 1.54) is 0 Å². The van der Waals surface area contributed by atoms with Crippen molar-refractivity contribution in [1.29, 1.82) is 0 Å². The molecule has 0 heterocycles. The number of benzene rings is 1. The third-order valence-corrected chi connectivity index (χ3v) is 4.30. The van der Waals surface area contributed by atoms with Gasteiger partial charge in [-0.3, -0.25) is 0 Å². The quantitative estimate of drug-likeness (QED) is 0.646. The smallest absolute Gasteiger partial charge is 0.240 e. The molecule has 5 nitrogen and oxygen atoms in total. The van der Waals surface area contributed by atoms with E-state index in [1.807, 2.05) is 7.05 Å². The maximum Gasteiger partial charge on any atom is 0.240 e. The number of unbranched alkanes of at least 4 members (excludes halogenated alkanes) is 2. The molecule has 0 aliphatic rings. The van der Waals surface area contributed by atoms with Gasteiger partial charge in [0.15, 0.2) is 0 Å². The summed E-state index contributed by atoms with van der Waals surface area (Å²) in [7, 11) is -1.55. The van der Waals surface area contributed by atoms with E-state index in [0.717, 1.165) is 25.8 Å². The summed E-state index contributed by atoms with van der Waals surface area (Å²) in [6.45, 7) is 3.87. The molecule has 0 aliphatic heterocycles. The third-order valence-electron chi connectivity index (χ3n) is 2.83. The lowest BCUT2D eigenvalue weighted by atomic mass is 10.3. The average molecular weight is 300 g/mol. The van der Waals surface area contributed by atoms with Gasteiger partial charge in [0, 0.05) is 13.1 Å². The van der Waals surface area contributed by atoms with E-state index in [9.17, 15) is 8.42 Å². The van der Waals surface area contributed by atoms with Gasteiger partial charge >= 0.3 is 0 Å². The zero-order chi connectivity index (χ0) is 14.8. The lowest BCUT2D eigenvalue weighted by molar-refractivity contribution is 0.318. The molecule has 0 radical (unpaired) electrons. The van der Waals surface area contributed by atoms with Crippen molar-refractivity contribution in [3.63, 3.8) is 0 Å². The first-order valence-electron chi connectivity index (χ1n) is 6.97. The van der Waals surface area contributed by atoms with E-state index in [4.69, 9.17) is 4.74 Å². The second kappa shape index (κ2) is 8.94. The minimum Gasteiger partial charge on any atom is -0.492 e. The number of sulfonamides is 1. The SMILES string of the molecule is CCCCCNS(=O)(=O)c1ccc(OCCNC)cc1. The maximum atomic E-state index is 12.0. The van der Waals surface area contributed by atoms with Crippen LogP contribution in [0.15, 0.2) is 29.2 Å². The van der Waals surface area contributed by atoms with Gasteiger partial charge in [0.25, 0.3) is 0 Å². The Bertz CT molecular complexity index is 472. The van der Waals surface area contributed by atoms with Crippen LogP contribution in [0, 0.1) is 0 Å². The Morgan fingerprint density at radius 3 is 2.40 bits per heavy atom. The first-order valence-corrected chi connectivity index (χ1v) is 8.45. The number of likely N-dealkylation sites (N-methyl/N-ethyl adjacent to an activating group) is 1. The highest BCUT2D eigenvalue weighted by Gasteiger charge is 2.12. The fourth-order valence-corrected chi connectivity index (χ4v) is 2.72. The standard InChI is InChI=1S/C14H24N2O3S/c1-3-4-5-10-16-20(17,18)14-8-6-13(7-9-14)19-12-11-15-2/h6-9,15-16H,3-5,10-12H2,1-2H3. The van der Waals surface area contributed by atoms with Crippen molar-refractivity contribution in [2.75, 3.05) is 26.7 Å². The minimum absolute atomic E-state index is 0.273. The lowest BCUT2D eigenvalue weighted by Gasteiger charge is -2.08. The molecule has 6 heteroatoms. The molecule has 0 atom stereocenters. The van der Waals surface area contributed by atoms with Crippen LogP contribution >= 0.6 is 0 Å². The number of hydrogen-bond acceptors (Lipinski definition) is 4. The predicted molar refractivity (Wildman–Crippen MR) is 80.6 cm³/mol. The van der Waals surface area contributed by atoms with Crippen molar-refractivity contribution >= 4 is 10.0 Å². The Labute approximate surface area is 121 Å². The summed E-state index contributed by atoms with van der Waals surface area (Å²) in [5, 5.41) is 2.98. The summed E-state index contributed by atoms with van der Waals surface area (Å²) < 4.78 is 32.1. The zero-order valence-electron chi connectivity index (χ0n) is 12.2. The Hall–Kier alpha value is -1.11. The molecular weight excluding hydrogens is 276 g/mol. The van der Waals surface area contributed by atoms with Crippen LogP contribution < -0.4 is 14.8 Å². The van der Waals surface area contributed by atoms with Gasteiger partial charge in [0.2, 0.25) is 10.0 Å². The van der Waals surface area contributed by atoms with Crippen molar-refractivity contribution in [3.8, 4) is 5.75 Å². The first kappa shape index (κ1) is 16.9. The Kier molecular flexibility index (Phi) is 7.58. The molecular formula is C14H24N2O3S. The van der Waals surface area contributed by atoms with Crippen LogP contribution in [-0.2, 0) is 10.0 Å². The summed E-state index contributed by atoms with van der Waals surface area (Å²) in [5.74, 6) is 0.671. The monoisotopic (exact) mass is 300 g/mol. The molecule has 0 saturated carbocycles. The van der Waals surface area contributed by atoms with E-state index in [-0.39, 0.29) is 4.90 Å². The van der Waals surface area contributed by atoms with Crippen LogP contribution in [0.1, 0.15) is 26.2 Å². The summed E-state index contributed by atoms with van der Waals surface area (Å²) in [6.07, 6.45) is 2.96. The van der Waals surface area contributed by atoms with Crippen molar-refractivity contribution in [2.45, 2.75) is 31.1 Å². The molecule has 1 aromatic rings. The van der Waals surface area contributed by atoms with Crippen LogP contribution in [0.2, 0.25) is 0 Å². The van der Waals surface area contributed by atoms with Crippen LogP contribution in [0.4, 0.5) is 0 Å².